The van der Waals surface area contributed by atoms with Crippen molar-refractivity contribution in [3.05, 3.63) is 35.4 Å². The van der Waals surface area contributed by atoms with Crippen LogP contribution in [0, 0.1) is 6.92 Å². The number of aromatic nitrogens is 2. The van der Waals surface area contributed by atoms with E-state index in [0.29, 0.717) is 10.8 Å². The Bertz CT molecular complexity index is 755. The third kappa shape index (κ3) is 3.88. The van der Waals surface area contributed by atoms with Gasteiger partial charge in [-0.3, -0.25) is 14.3 Å². The first-order valence-electron chi connectivity index (χ1n) is 7.28. The van der Waals surface area contributed by atoms with Gasteiger partial charge in [0.15, 0.2) is 6.10 Å². The zero-order chi connectivity index (χ0) is 17.9. The second-order valence-corrected chi connectivity index (χ2v) is 6.08. The van der Waals surface area contributed by atoms with Crippen LogP contribution in [0.5, 0.6) is 5.75 Å². The van der Waals surface area contributed by atoms with Crippen molar-refractivity contribution in [1.29, 1.82) is 0 Å². The lowest BCUT2D eigenvalue weighted by Crippen LogP contribution is -2.31. The van der Waals surface area contributed by atoms with Gasteiger partial charge in [-0.15, -0.1) is 11.8 Å². The number of carbonyl (C=O) groups excluding carboxylic acids is 2. The fourth-order valence-electron chi connectivity index (χ4n) is 2.10. The van der Waals surface area contributed by atoms with Gasteiger partial charge in [0.1, 0.15) is 22.2 Å². The third-order valence-electron chi connectivity index (χ3n) is 3.40. The monoisotopic (exact) mass is 348 g/mol. The Morgan fingerprint density at radius 3 is 2.50 bits per heavy atom. The molecule has 0 aliphatic carbocycles. The Morgan fingerprint density at radius 1 is 1.33 bits per heavy atom. The second kappa shape index (κ2) is 7.39. The average molecular weight is 348 g/mol. The number of primary amides is 1. The topological polar surface area (TPSA) is 99.2 Å². The number of thioether (sulfide) groups is 1. The molecule has 1 heterocycles. The van der Waals surface area contributed by atoms with Gasteiger partial charge >= 0.3 is 0 Å². The summed E-state index contributed by atoms with van der Waals surface area (Å²) in [6.45, 7) is 3.60. The van der Waals surface area contributed by atoms with Crippen LogP contribution in [-0.4, -0.2) is 34.0 Å². The summed E-state index contributed by atoms with van der Waals surface area (Å²) in [6.07, 6.45) is 1.03. The first kappa shape index (κ1) is 17.9. The van der Waals surface area contributed by atoms with Crippen molar-refractivity contribution in [2.45, 2.75) is 25.0 Å². The van der Waals surface area contributed by atoms with E-state index in [9.17, 15) is 9.59 Å². The number of rotatable bonds is 6. The predicted molar refractivity (Wildman–Crippen MR) is 93.4 cm³/mol. The molecule has 3 N–H and O–H groups in total. The Kier molecular flexibility index (Phi) is 5.50. The zero-order valence-corrected chi connectivity index (χ0v) is 14.8. The summed E-state index contributed by atoms with van der Waals surface area (Å²) in [6, 6.07) is 7.39. The number of nitrogens with zero attached hydrogens (tertiary/aromatic N) is 2. The summed E-state index contributed by atoms with van der Waals surface area (Å²) in [7, 11) is 1.63. The molecule has 2 aromatic rings. The highest BCUT2D eigenvalue weighted by Crippen LogP contribution is 2.26. The minimum atomic E-state index is -0.749. The van der Waals surface area contributed by atoms with Crippen LogP contribution >= 0.6 is 11.8 Å². The lowest BCUT2D eigenvalue weighted by molar-refractivity contribution is -0.122. The molecule has 1 aromatic heterocycles. The molecular weight excluding hydrogens is 328 g/mol. The maximum Gasteiger partial charge on any atom is 0.266 e. The van der Waals surface area contributed by atoms with Gasteiger partial charge in [0, 0.05) is 7.05 Å². The smallest absolute Gasteiger partial charge is 0.266 e. The highest BCUT2D eigenvalue weighted by Gasteiger charge is 2.24. The summed E-state index contributed by atoms with van der Waals surface area (Å²) in [5.74, 6) is -0.187. The van der Waals surface area contributed by atoms with Gasteiger partial charge in [0.05, 0.1) is 0 Å². The van der Waals surface area contributed by atoms with Crippen molar-refractivity contribution in [1.82, 2.24) is 9.78 Å². The molecule has 128 valence electrons. The van der Waals surface area contributed by atoms with Gasteiger partial charge in [-0.05, 0) is 32.2 Å². The molecule has 2 amide bonds. The third-order valence-corrected chi connectivity index (χ3v) is 4.07. The van der Waals surface area contributed by atoms with E-state index in [0.717, 1.165) is 5.56 Å². The molecule has 1 aromatic carbocycles. The molecule has 2 rings (SSSR count). The van der Waals surface area contributed by atoms with E-state index in [1.54, 1.807) is 32.4 Å². The van der Waals surface area contributed by atoms with E-state index in [1.165, 1.54) is 16.4 Å². The first-order chi connectivity index (χ1) is 11.3. The number of hydrogen-bond acceptors (Lipinski definition) is 5. The molecular formula is C16H20N4O3S. The van der Waals surface area contributed by atoms with E-state index in [1.807, 2.05) is 19.1 Å². The molecule has 0 saturated heterocycles. The van der Waals surface area contributed by atoms with E-state index >= 15 is 0 Å². The van der Waals surface area contributed by atoms with Crippen molar-refractivity contribution in [2.24, 2.45) is 12.8 Å². The number of benzene rings is 1. The van der Waals surface area contributed by atoms with Crippen LogP contribution in [0.1, 0.15) is 22.8 Å². The van der Waals surface area contributed by atoms with Gasteiger partial charge in [-0.2, -0.15) is 5.10 Å². The number of nitrogens with two attached hydrogens (primary N) is 1. The molecule has 0 aliphatic heterocycles. The van der Waals surface area contributed by atoms with Gasteiger partial charge in [0.25, 0.3) is 11.8 Å². The Morgan fingerprint density at radius 2 is 1.96 bits per heavy atom. The molecule has 8 heteroatoms. The molecule has 24 heavy (non-hydrogen) atoms. The number of aryl methyl sites for hydroxylation is 2. The second-order valence-electron chi connectivity index (χ2n) is 5.28. The number of carbonyl (C=O) groups is 2. The van der Waals surface area contributed by atoms with Crippen molar-refractivity contribution in [2.75, 3.05) is 11.6 Å². The summed E-state index contributed by atoms with van der Waals surface area (Å²) < 4.78 is 7.03. The van der Waals surface area contributed by atoms with E-state index in [-0.39, 0.29) is 11.4 Å². The molecule has 0 radical (unpaired) electrons. The first-order valence-corrected chi connectivity index (χ1v) is 8.51. The molecule has 0 fully saturated rings. The highest BCUT2D eigenvalue weighted by molar-refractivity contribution is 7.98. The number of nitrogens with one attached hydrogen (secondary N) is 1. The summed E-state index contributed by atoms with van der Waals surface area (Å²) in [5, 5.41) is 7.31. The normalized spacial score (nSPS) is 11.8. The van der Waals surface area contributed by atoms with E-state index in [4.69, 9.17) is 10.5 Å². The number of hydrogen-bond donors (Lipinski definition) is 2. The fourth-order valence-corrected chi connectivity index (χ4v) is 2.71. The van der Waals surface area contributed by atoms with Crippen LogP contribution in [0.15, 0.2) is 29.3 Å². The molecule has 1 atom stereocenters. The Labute approximate surface area is 144 Å². The summed E-state index contributed by atoms with van der Waals surface area (Å²) in [4.78, 5) is 24.0. The predicted octanol–water partition coefficient (Wildman–Crippen LogP) is 1.96. The van der Waals surface area contributed by atoms with Gasteiger partial charge in [0.2, 0.25) is 0 Å². The quantitative estimate of drug-likeness (QED) is 0.778. The number of anilines is 1. The van der Waals surface area contributed by atoms with Gasteiger partial charge in [-0.25, -0.2) is 0 Å². The lowest BCUT2D eigenvalue weighted by Gasteiger charge is -2.15. The van der Waals surface area contributed by atoms with Crippen molar-refractivity contribution in [3.63, 3.8) is 0 Å². The Hall–Kier alpha value is -2.48. The Balaban J connectivity index is 2.15. The summed E-state index contributed by atoms with van der Waals surface area (Å²) in [5.41, 5.74) is 6.70. The van der Waals surface area contributed by atoms with E-state index in [2.05, 4.69) is 10.4 Å². The van der Waals surface area contributed by atoms with E-state index < -0.39 is 17.9 Å². The average Bonchev–Trinajstić information content (AvgIpc) is 2.85. The lowest BCUT2D eigenvalue weighted by atomic mass is 10.2. The SMILES string of the molecule is CSc1nn(C)c(NC(=O)[C@H](C)Oc2ccc(C)cc2)c1C(N)=O. The van der Waals surface area contributed by atoms with Crippen molar-refractivity contribution >= 4 is 29.4 Å². The number of amides is 2. The van der Waals surface area contributed by atoms with Crippen LogP contribution in [0.2, 0.25) is 0 Å². The molecule has 0 saturated carbocycles. The van der Waals surface area contributed by atoms with Crippen LogP contribution in [0.25, 0.3) is 0 Å². The molecule has 0 bridgehead atoms. The maximum absolute atomic E-state index is 12.4. The van der Waals surface area contributed by atoms with Crippen LogP contribution < -0.4 is 15.8 Å². The van der Waals surface area contributed by atoms with Crippen molar-refractivity contribution < 1.29 is 14.3 Å². The molecule has 7 nitrogen and oxygen atoms in total. The fraction of sp³-hybridized carbons (Fsp3) is 0.312. The largest absolute Gasteiger partial charge is 0.481 e. The molecule has 0 unspecified atom stereocenters. The zero-order valence-electron chi connectivity index (χ0n) is 14.0. The standard InChI is InChI=1S/C16H20N4O3S/c1-9-5-7-11(8-6-9)23-10(2)15(22)18-14-12(13(17)21)16(24-4)19-20(14)3/h5-8,10H,1-4H3,(H2,17,21)(H,18,22)/t10-/m0/s1. The van der Waals surface area contributed by atoms with Gasteiger partial charge < -0.3 is 15.8 Å². The summed E-state index contributed by atoms with van der Waals surface area (Å²) >= 11 is 1.28. The van der Waals surface area contributed by atoms with Crippen LogP contribution in [0.3, 0.4) is 0 Å². The maximum atomic E-state index is 12.4. The number of ether oxygens (including phenoxy) is 1. The minimum Gasteiger partial charge on any atom is -0.481 e. The minimum absolute atomic E-state index is 0.195. The highest BCUT2D eigenvalue weighted by atomic mass is 32.2. The van der Waals surface area contributed by atoms with Gasteiger partial charge in [-0.1, -0.05) is 17.7 Å². The van der Waals surface area contributed by atoms with Crippen LogP contribution in [-0.2, 0) is 11.8 Å². The van der Waals surface area contributed by atoms with Crippen molar-refractivity contribution in [3.8, 4) is 5.75 Å². The van der Waals surface area contributed by atoms with Crippen LogP contribution in [0.4, 0.5) is 5.82 Å². The molecule has 0 spiro atoms. The molecule has 0 aliphatic rings.